The van der Waals surface area contributed by atoms with Gasteiger partial charge < -0.3 is 11.1 Å². The molecule has 0 fully saturated rings. The van der Waals surface area contributed by atoms with Gasteiger partial charge in [0.25, 0.3) is 5.91 Å². The van der Waals surface area contributed by atoms with Gasteiger partial charge in [0.15, 0.2) is 0 Å². The van der Waals surface area contributed by atoms with Gasteiger partial charge in [-0.15, -0.1) is 0 Å². The molecular weight excluding hydrogens is 204 g/mol. The second kappa shape index (κ2) is 4.79. The van der Waals surface area contributed by atoms with Crippen molar-refractivity contribution < 1.29 is 9.59 Å². The van der Waals surface area contributed by atoms with Gasteiger partial charge in [0.05, 0.1) is 0 Å². The van der Waals surface area contributed by atoms with Crippen LogP contribution in [0.5, 0.6) is 0 Å². The first-order valence-electron chi connectivity index (χ1n) is 5.08. The lowest BCUT2D eigenvalue weighted by Crippen LogP contribution is -2.42. The first kappa shape index (κ1) is 12.2. The first-order valence-corrected chi connectivity index (χ1v) is 5.08. The molecule has 0 bridgehead atoms. The van der Waals surface area contributed by atoms with E-state index in [1.807, 2.05) is 19.9 Å². The molecule has 1 atom stereocenters. The van der Waals surface area contributed by atoms with E-state index in [9.17, 15) is 9.59 Å². The van der Waals surface area contributed by atoms with Crippen molar-refractivity contribution >= 4 is 11.8 Å². The summed E-state index contributed by atoms with van der Waals surface area (Å²) in [7, 11) is 0. The summed E-state index contributed by atoms with van der Waals surface area (Å²) in [6.07, 6.45) is 0. The second-order valence-electron chi connectivity index (χ2n) is 3.97. The van der Waals surface area contributed by atoms with E-state index in [0.717, 1.165) is 11.1 Å². The van der Waals surface area contributed by atoms with Crippen molar-refractivity contribution in [2.24, 2.45) is 5.73 Å². The molecule has 1 aromatic carbocycles. The average Bonchev–Trinajstić information content (AvgIpc) is 2.15. The van der Waals surface area contributed by atoms with Crippen LogP contribution in [0.15, 0.2) is 18.2 Å². The Bertz CT molecular complexity index is 407. The fourth-order valence-corrected chi connectivity index (χ4v) is 1.46. The Hall–Kier alpha value is -1.84. The standard InChI is InChI=1S/C12H16N2O2/c1-7-4-8(2)6-10(5-7)12(16)14-9(3)11(13)15/h4-6,9H,1-3H3,(H2,13,15)(H,14,16)/t9-/m0/s1. The molecule has 4 heteroatoms. The average molecular weight is 220 g/mol. The molecule has 2 amide bonds. The Labute approximate surface area is 94.8 Å². The summed E-state index contributed by atoms with van der Waals surface area (Å²) < 4.78 is 0. The molecule has 0 aromatic heterocycles. The van der Waals surface area contributed by atoms with E-state index in [4.69, 9.17) is 5.73 Å². The molecule has 16 heavy (non-hydrogen) atoms. The van der Waals surface area contributed by atoms with E-state index in [2.05, 4.69) is 5.32 Å². The lowest BCUT2D eigenvalue weighted by molar-refractivity contribution is -0.119. The van der Waals surface area contributed by atoms with Gasteiger partial charge in [-0.2, -0.15) is 0 Å². The van der Waals surface area contributed by atoms with Crippen molar-refractivity contribution in [1.29, 1.82) is 0 Å². The summed E-state index contributed by atoms with van der Waals surface area (Å²) in [6, 6.07) is 4.87. The molecule has 0 saturated heterocycles. The zero-order chi connectivity index (χ0) is 12.3. The minimum atomic E-state index is -0.659. The molecule has 0 saturated carbocycles. The third kappa shape index (κ3) is 3.08. The van der Waals surface area contributed by atoms with Gasteiger partial charge in [-0.25, -0.2) is 0 Å². The van der Waals surface area contributed by atoms with Crippen molar-refractivity contribution in [3.8, 4) is 0 Å². The number of carbonyl (C=O) groups excluding carboxylic acids is 2. The molecule has 0 aliphatic carbocycles. The minimum Gasteiger partial charge on any atom is -0.368 e. The molecule has 0 aliphatic heterocycles. The summed E-state index contributed by atoms with van der Waals surface area (Å²) in [5.41, 5.74) is 7.64. The molecule has 3 N–H and O–H groups in total. The van der Waals surface area contributed by atoms with E-state index in [0.29, 0.717) is 5.56 Å². The Kier molecular flexibility index (Phi) is 3.66. The Balaban J connectivity index is 2.84. The van der Waals surface area contributed by atoms with Crippen molar-refractivity contribution in [2.45, 2.75) is 26.8 Å². The Morgan fingerprint density at radius 1 is 1.19 bits per heavy atom. The normalized spacial score (nSPS) is 11.9. The summed E-state index contributed by atoms with van der Waals surface area (Å²) in [5.74, 6) is -0.823. The summed E-state index contributed by atoms with van der Waals surface area (Å²) >= 11 is 0. The van der Waals surface area contributed by atoms with Crippen LogP contribution in [0.3, 0.4) is 0 Å². The van der Waals surface area contributed by atoms with Gasteiger partial charge >= 0.3 is 0 Å². The van der Waals surface area contributed by atoms with Gasteiger partial charge in [-0.3, -0.25) is 9.59 Å². The molecule has 86 valence electrons. The molecule has 0 unspecified atom stereocenters. The van der Waals surface area contributed by atoms with Crippen LogP contribution in [0, 0.1) is 13.8 Å². The third-order valence-corrected chi connectivity index (χ3v) is 2.26. The number of rotatable bonds is 3. The van der Waals surface area contributed by atoms with Crippen LogP contribution in [0.1, 0.15) is 28.4 Å². The van der Waals surface area contributed by atoms with E-state index in [-0.39, 0.29) is 5.91 Å². The SMILES string of the molecule is Cc1cc(C)cc(C(=O)N[C@@H](C)C(N)=O)c1. The maximum Gasteiger partial charge on any atom is 0.251 e. The predicted octanol–water partition coefficient (Wildman–Crippen LogP) is 0.907. The third-order valence-electron chi connectivity index (χ3n) is 2.26. The highest BCUT2D eigenvalue weighted by molar-refractivity contribution is 5.97. The number of hydrogen-bond donors (Lipinski definition) is 2. The Morgan fingerprint density at radius 3 is 2.12 bits per heavy atom. The van der Waals surface area contributed by atoms with Crippen LogP contribution >= 0.6 is 0 Å². The number of amides is 2. The molecule has 0 aliphatic rings. The predicted molar refractivity (Wildman–Crippen MR) is 62.0 cm³/mol. The fourth-order valence-electron chi connectivity index (χ4n) is 1.46. The van der Waals surface area contributed by atoms with Crippen LogP contribution in [0.4, 0.5) is 0 Å². The van der Waals surface area contributed by atoms with Crippen molar-refractivity contribution in [1.82, 2.24) is 5.32 Å². The van der Waals surface area contributed by atoms with Gasteiger partial charge in [0.1, 0.15) is 6.04 Å². The summed E-state index contributed by atoms with van der Waals surface area (Å²) in [5, 5.41) is 2.54. The van der Waals surface area contributed by atoms with Crippen molar-refractivity contribution in [3.63, 3.8) is 0 Å². The van der Waals surface area contributed by atoms with Gasteiger partial charge in [0, 0.05) is 5.56 Å². The molecule has 1 rings (SSSR count). The van der Waals surface area contributed by atoms with Crippen LogP contribution in [-0.2, 0) is 4.79 Å². The van der Waals surface area contributed by atoms with Gasteiger partial charge in [0.2, 0.25) is 5.91 Å². The number of hydrogen-bond acceptors (Lipinski definition) is 2. The van der Waals surface area contributed by atoms with Crippen molar-refractivity contribution in [3.05, 3.63) is 34.9 Å². The number of nitrogens with two attached hydrogens (primary N) is 1. The second-order valence-corrected chi connectivity index (χ2v) is 3.97. The zero-order valence-electron chi connectivity index (χ0n) is 9.70. The Morgan fingerprint density at radius 2 is 1.69 bits per heavy atom. The molecule has 4 nitrogen and oxygen atoms in total. The number of nitrogens with one attached hydrogen (secondary N) is 1. The molecule has 0 radical (unpaired) electrons. The minimum absolute atomic E-state index is 0.280. The lowest BCUT2D eigenvalue weighted by Gasteiger charge is -2.11. The number of carbonyl (C=O) groups is 2. The van der Waals surface area contributed by atoms with Gasteiger partial charge in [-0.1, -0.05) is 17.2 Å². The lowest BCUT2D eigenvalue weighted by atomic mass is 10.1. The highest BCUT2D eigenvalue weighted by Gasteiger charge is 2.13. The maximum absolute atomic E-state index is 11.7. The summed E-state index contributed by atoms with van der Waals surface area (Å²) in [6.45, 7) is 5.39. The smallest absolute Gasteiger partial charge is 0.251 e. The topological polar surface area (TPSA) is 72.2 Å². The summed E-state index contributed by atoms with van der Waals surface area (Å²) in [4.78, 5) is 22.6. The number of primary amides is 1. The maximum atomic E-state index is 11.7. The quantitative estimate of drug-likeness (QED) is 0.794. The van der Waals surface area contributed by atoms with E-state index < -0.39 is 11.9 Å². The van der Waals surface area contributed by atoms with Crippen LogP contribution < -0.4 is 11.1 Å². The van der Waals surface area contributed by atoms with Gasteiger partial charge in [-0.05, 0) is 32.9 Å². The van der Waals surface area contributed by atoms with E-state index in [1.165, 1.54) is 0 Å². The zero-order valence-corrected chi connectivity index (χ0v) is 9.70. The molecule has 0 heterocycles. The van der Waals surface area contributed by atoms with Crippen molar-refractivity contribution in [2.75, 3.05) is 0 Å². The number of benzene rings is 1. The van der Waals surface area contributed by atoms with Crippen LogP contribution in [-0.4, -0.2) is 17.9 Å². The fraction of sp³-hybridized carbons (Fsp3) is 0.333. The molecule has 1 aromatic rings. The van der Waals surface area contributed by atoms with E-state index >= 15 is 0 Å². The van der Waals surface area contributed by atoms with Crippen LogP contribution in [0.25, 0.3) is 0 Å². The first-order chi connectivity index (χ1) is 7.40. The van der Waals surface area contributed by atoms with Crippen LogP contribution in [0.2, 0.25) is 0 Å². The largest absolute Gasteiger partial charge is 0.368 e. The number of aryl methyl sites for hydroxylation is 2. The highest BCUT2D eigenvalue weighted by Crippen LogP contribution is 2.08. The highest BCUT2D eigenvalue weighted by atomic mass is 16.2. The molecule has 0 spiro atoms. The van der Waals surface area contributed by atoms with E-state index in [1.54, 1.807) is 19.1 Å². The monoisotopic (exact) mass is 220 g/mol. The molecular formula is C12H16N2O2.